The molecule has 2 heterocycles. The molecule has 3 nitrogen and oxygen atoms in total. The van der Waals surface area contributed by atoms with E-state index >= 15 is 0 Å². The summed E-state index contributed by atoms with van der Waals surface area (Å²) in [6.07, 6.45) is 1.23. The summed E-state index contributed by atoms with van der Waals surface area (Å²) in [5.74, 6) is 5.57. The molecule has 0 radical (unpaired) electrons. The Bertz CT molecular complexity index is 105. The summed E-state index contributed by atoms with van der Waals surface area (Å²) >= 11 is 0. The Morgan fingerprint density at radius 2 is 2.25 bits per heavy atom. The van der Waals surface area contributed by atoms with E-state index in [1.165, 1.54) is 6.42 Å². The van der Waals surface area contributed by atoms with Gasteiger partial charge in [-0.25, -0.2) is 5.01 Å². The maximum Gasteiger partial charge on any atom is 0.0829 e. The molecule has 0 atom stereocenters. The number of nitrogens with two attached hydrogens (primary N) is 1. The number of hydrogen-bond acceptors (Lipinski definition) is 3. The Morgan fingerprint density at radius 3 is 2.25 bits per heavy atom. The lowest BCUT2D eigenvalue weighted by atomic mass is 9.85. The SMILES string of the molecule is NN1CCC12COC2. The average molecular weight is 114 g/mol. The normalized spacial score (nSPS) is 34.1. The van der Waals surface area contributed by atoms with Crippen LogP contribution in [0, 0.1) is 0 Å². The highest BCUT2D eigenvalue weighted by Gasteiger charge is 2.49. The zero-order valence-corrected chi connectivity index (χ0v) is 4.76. The third-order valence-electron chi connectivity index (χ3n) is 2.17. The summed E-state index contributed by atoms with van der Waals surface area (Å²) in [7, 11) is 0. The number of nitrogens with zero attached hydrogens (tertiary/aromatic N) is 1. The van der Waals surface area contributed by atoms with Crippen molar-refractivity contribution in [3.8, 4) is 0 Å². The molecule has 0 amide bonds. The molecule has 0 aromatic heterocycles. The zero-order valence-electron chi connectivity index (χ0n) is 4.76. The fourth-order valence-electron chi connectivity index (χ4n) is 1.20. The van der Waals surface area contributed by atoms with Gasteiger partial charge in [-0.3, -0.25) is 5.84 Å². The molecule has 2 saturated heterocycles. The van der Waals surface area contributed by atoms with Crippen molar-refractivity contribution in [2.75, 3.05) is 19.8 Å². The van der Waals surface area contributed by atoms with Crippen LogP contribution in [0.1, 0.15) is 6.42 Å². The lowest BCUT2D eigenvalue weighted by Gasteiger charge is -2.55. The molecule has 2 N–H and O–H groups in total. The van der Waals surface area contributed by atoms with Crippen molar-refractivity contribution in [3.05, 3.63) is 0 Å². The molecule has 2 fully saturated rings. The maximum absolute atomic E-state index is 5.57. The highest BCUT2D eigenvalue weighted by atomic mass is 16.5. The van der Waals surface area contributed by atoms with E-state index in [1.807, 2.05) is 5.01 Å². The Hall–Kier alpha value is -0.120. The minimum absolute atomic E-state index is 0.292. The van der Waals surface area contributed by atoms with Gasteiger partial charge in [0, 0.05) is 6.54 Å². The zero-order chi connectivity index (χ0) is 5.61. The lowest BCUT2D eigenvalue weighted by molar-refractivity contribution is -0.193. The van der Waals surface area contributed by atoms with Crippen molar-refractivity contribution >= 4 is 0 Å². The second-order valence-corrected chi connectivity index (χ2v) is 2.66. The number of ether oxygens (including phenoxy) is 1. The number of hydrogen-bond donors (Lipinski definition) is 1. The third-order valence-corrected chi connectivity index (χ3v) is 2.17. The molecule has 0 saturated carbocycles. The van der Waals surface area contributed by atoms with Crippen molar-refractivity contribution in [1.29, 1.82) is 0 Å². The van der Waals surface area contributed by atoms with Crippen LogP contribution >= 0.6 is 0 Å². The first-order chi connectivity index (χ1) is 3.83. The molecular weight excluding hydrogens is 104 g/mol. The van der Waals surface area contributed by atoms with Gasteiger partial charge in [0.25, 0.3) is 0 Å². The third kappa shape index (κ3) is 0.354. The molecule has 46 valence electrons. The summed E-state index contributed by atoms with van der Waals surface area (Å²) < 4.78 is 5.03. The molecule has 0 bridgehead atoms. The summed E-state index contributed by atoms with van der Waals surface area (Å²) in [6, 6.07) is 0. The highest BCUT2D eigenvalue weighted by molar-refractivity contribution is 5.01. The van der Waals surface area contributed by atoms with Crippen LogP contribution in [-0.2, 0) is 4.74 Å². The van der Waals surface area contributed by atoms with Crippen LogP contribution in [-0.4, -0.2) is 30.3 Å². The van der Waals surface area contributed by atoms with Gasteiger partial charge in [-0.05, 0) is 6.42 Å². The van der Waals surface area contributed by atoms with E-state index in [1.54, 1.807) is 0 Å². The van der Waals surface area contributed by atoms with Gasteiger partial charge in [-0.1, -0.05) is 0 Å². The van der Waals surface area contributed by atoms with Crippen molar-refractivity contribution in [2.24, 2.45) is 5.84 Å². The summed E-state index contributed by atoms with van der Waals surface area (Å²) in [6.45, 7) is 2.75. The molecular formula is C5H10N2O. The molecule has 3 heteroatoms. The minimum atomic E-state index is 0.292. The van der Waals surface area contributed by atoms with Crippen LogP contribution in [0.5, 0.6) is 0 Å². The van der Waals surface area contributed by atoms with Crippen molar-refractivity contribution in [3.63, 3.8) is 0 Å². The monoisotopic (exact) mass is 114 g/mol. The van der Waals surface area contributed by atoms with Gasteiger partial charge < -0.3 is 4.74 Å². The Morgan fingerprint density at radius 1 is 1.50 bits per heavy atom. The van der Waals surface area contributed by atoms with Crippen LogP contribution in [0.25, 0.3) is 0 Å². The van der Waals surface area contributed by atoms with E-state index in [0.29, 0.717) is 5.54 Å². The van der Waals surface area contributed by atoms with Crippen LogP contribution in [0.4, 0.5) is 0 Å². The molecule has 0 unspecified atom stereocenters. The largest absolute Gasteiger partial charge is 0.377 e. The van der Waals surface area contributed by atoms with Crippen LogP contribution in [0.2, 0.25) is 0 Å². The van der Waals surface area contributed by atoms with Crippen LogP contribution < -0.4 is 5.84 Å². The van der Waals surface area contributed by atoms with E-state index in [0.717, 1.165) is 19.8 Å². The smallest absolute Gasteiger partial charge is 0.0829 e. The Labute approximate surface area is 48.4 Å². The van der Waals surface area contributed by atoms with Crippen molar-refractivity contribution < 1.29 is 4.74 Å². The van der Waals surface area contributed by atoms with E-state index in [-0.39, 0.29) is 0 Å². The Kier molecular flexibility index (Phi) is 0.730. The second kappa shape index (κ2) is 1.23. The Balaban J connectivity index is 2.03. The number of rotatable bonds is 0. The van der Waals surface area contributed by atoms with Gasteiger partial charge in [0.1, 0.15) is 0 Å². The first-order valence-corrected chi connectivity index (χ1v) is 2.94. The second-order valence-electron chi connectivity index (χ2n) is 2.66. The van der Waals surface area contributed by atoms with Crippen molar-refractivity contribution in [2.45, 2.75) is 12.0 Å². The van der Waals surface area contributed by atoms with Gasteiger partial charge in [-0.2, -0.15) is 0 Å². The fraction of sp³-hybridized carbons (Fsp3) is 1.00. The van der Waals surface area contributed by atoms with Gasteiger partial charge in [0.15, 0.2) is 0 Å². The molecule has 2 rings (SSSR count). The predicted octanol–water partition coefficient (Wildman–Crippen LogP) is -0.665. The first kappa shape index (κ1) is 4.73. The van der Waals surface area contributed by atoms with Crippen molar-refractivity contribution in [1.82, 2.24) is 5.01 Å². The minimum Gasteiger partial charge on any atom is -0.377 e. The number of hydrazine groups is 1. The summed E-state index contributed by atoms with van der Waals surface area (Å²) in [4.78, 5) is 0. The molecule has 8 heavy (non-hydrogen) atoms. The highest BCUT2D eigenvalue weighted by Crippen LogP contribution is 2.33. The van der Waals surface area contributed by atoms with E-state index in [2.05, 4.69) is 0 Å². The van der Waals surface area contributed by atoms with Crippen LogP contribution in [0.3, 0.4) is 0 Å². The standard InChI is InChI=1S/C5H10N2O/c6-7-2-1-5(7)3-8-4-5/h1-4,6H2. The first-order valence-electron chi connectivity index (χ1n) is 2.94. The van der Waals surface area contributed by atoms with Crippen LogP contribution in [0.15, 0.2) is 0 Å². The van der Waals surface area contributed by atoms with Gasteiger partial charge in [0.05, 0.1) is 18.8 Å². The van der Waals surface area contributed by atoms with Gasteiger partial charge in [-0.15, -0.1) is 0 Å². The molecule has 0 aromatic carbocycles. The maximum atomic E-state index is 5.57. The van der Waals surface area contributed by atoms with E-state index < -0.39 is 0 Å². The molecule has 2 aliphatic heterocycles. The van der Waals surface area contributed by atoms with E-state index in [9.17, 15) is 0 Å². The molecule has 1 spiro atoms. The molecule has 2 aliphatic rings. The molecule has 0 aromatic rings. The quantitative estimate of drug-likeness (QED) is 0.425. The van der Waals surface area contributed by atoms with Gasteiger partial charge >= 0.3 is 0 Å². The topological polar surface area (TPSA) is 38.5 Å². The average Bonchev–Trinajstić information content (AvgIpc) is 1.58. The molecule has 0 aliphatic carbocycles. The summed E-state index contributed by atoms with van der Waals surface area (Å²) in [5, 5.41) is 1.89. The fourth-order valence-corrected chi connectivity index (χ4v) is 1.20. The predicted molar refractivity (Wildman–Crippen MR) is 29.1 cm³/mol. The van der Waals surface area contributed by atoms with Gasteiger partial charge in [0.2, 0.25) is 0 Å². The lowest BCUT2D eigenvalue weighted by Crippen LogP contribution is -2.73. The van der Waals surface area contributed by atoms with E-state index in [4.69, 9.17) is 10.6 Å². The summed E-state index contributed by atoms with van der Waals surface area (Å²) in [5.41, 5.74) is 0.292.